The summed E-state index contributed by atoms with van der Waals surface area (Å²) in [4.78, 5) is 10.4. The second kappa shape index (κ2) is 10.7. The Morgan fingerprint density at radius 1 is 1.14 bits per heavy atom. The molecule has 0 amide bonds. The van der Waals surface area contributed by atoms with Crippen LogP contribution in [0.1, 0.15) is 52.9 Å². The fourth-order valence-corrected chi connectivity index (χ4v) is 1.70. The molecule has 0 rings (SSSR count). The molecule has 0 heterocycles. The molecule has 0 aromatic heterocycles. The van der Waals surface area contributed by atoms with Gasteiger partial charge in [-0.25, -0.2) is 0 Å². The molecule has 0 atom stereocenters. The van der Waals surface area contributed by atoms with Gasteiger partial charge in [0.1, 0.15) is 6.29 Å². The second-order valence-electron chi connectivity index (χ2n) is 3.83. The smallest absolute Gasteiger partial charge is 0.120 e. The van der Waals surface area contributed by atoms with Gasteiger partial charge in [0.2, 0.25) is 0 Å². The topological polar surface area (TPSA) is 29.1 Å². The summed E-state index contributed by atoms with van der Waals surface area (Å²) in [5, 5.41) is 2.75. The van der Waals surface area contributed by atoms with Crippen LogP contribution in [0.15, 0.2) is 0 Å². The van der Waals surface area contributed by atoms with Crippen molar-refractivity contribution in [1.82, 2.24) is 5.32 Å². The van der Waals surface area contributed by atoms with Gasteiger partial charge in [-0.05, 0) is 25.9 Å². The van der Waals surface area contributed by atoms with Gasteiger partial charge >= 0.3 is 0 Å². The number of nitrogens with one attached hydrogen (secondary N) is 1. The molecule has 0 unspecified atom stereocenters. The molecule has 1 N–H and O–H groups in total. The highest BCUT2D eigenvalue weighted by Gasteiger charge is 2.23. The molecule has 0 spiro atoms. The first-order chi connectivity index (χ1) is 6.66. The normalized spacial score (nSPS) is 10.4. The van der Waals surface area contributed by atoms with E-state index in [4.69, 9.17) is 0 Å². The third-order valence-electron chi connectivity index (χ3n) is 2.80. The molecule has 0 aliphatic heterocycles. The van der Waals surface area contributed by atoms with E-state index in [1.54, 1.807) is 0 Å². The number of carbonyl (C=O) groups excluding carboxylic acids is 1. The van der Waals surface area contributed by atoms with Crippen molar-refractivity contribution in [2.75, 3.05) is 14.1 Å². The van der Waals surface area contributed by atoms with Gasteiger partial charge in [0, 0.05) is 6.42 Å². The van der Waals surface area contributed by atoms with E-state index < -0.39 is 0 Å². The summed E-state index contributed by atoms with van der Waals surface area (Å²) in [6.07, 6.45) is 6.47. The zero-order chi connectivity index (χ0) is 11.4. The average Bonchev–Trinajstić information content (AvgIpc) is 2.19. The number of aldehydes is 1. The van der Waals surface area contributed by atoms with E-state index in [-0.39, 0.29) is 0 Å². The second-order valence-corrected chi connectivity index (χ2v) is 3.83. The molecular formula is C12H27NO. The summed E-state index contributed by atoms with van der Waals surface area (Å²) in [7, 11) is 3.75. The number of carbonyl (C=O) groups is 1. The molecule has 0 aliphatic carbocycles. The molecule has 0 aliphatic rings. The largest absolute Gasteiger partial charge is 0.323 e. The monoisotopic (exact) mass is 201 g/mol. The van der Waals surface area contributed by atoms with Gasteiger partial charge in [0.25, 0.3) is 0 Å². The van der Waals surface area contributed by atoms with Gasteiger partial charge in [-0.1, -0.05) is 40.0 Å². The van der Waals surface area contributed by atoms with Crippen molar-refractivity contribution in [1.29, 1.82) is 0 Å². The van der Waals surface area contributed by atoms with E-state index in [1.807, 2.05) is 14.1 Å². The van der Waals surface area contributed by atoms with Crippen molar-refractivity contribution in [2.24, 2.45) is 5.41 Å². The fraction of sp³-hybridized carbons (Fsp3) is 0.917. The minimum Gasteiger partial charge on any atom is -0.323 e. The van der Waals surface area contributed by atoms with E-state index in [1.165, 1.54) is 12.8 Å². The van der Waals surface area contributed by atoms with Crippen LogP contribution in [0.25, 0.3) is 0 Å². The Hall–Kier alpha value is -0.370. The predicted octanol–water partition coefficient (Wildman–Crippen LogP) is 3.02. The van der Waals surface area contributed by atoms with Crippen molar-refractivity contribution in [2.45, 2.75) is 52.9 Å². The van der Waals surface area contributed by atoms with Crippen molar-refractivity contribution in [3.05, 3.63) is 0 Å². The maximum absolute atomic E-state index is 10.4. The first-order valence-electron chi connectivity index (χ1n) is 5.68. The summed E-state index contributed by atoms with van der Waals surface area (Å²) in [6.45, 7) is 6.55. The van der Waals surface area contributed by atoms with E-state index in [9.17, 15) is 4.79 Å². The SMILES string of the molecule is CCCC(CC)(CC)CC=O.CNC. The van der Waals surface area contributed by atoms with Gasteiger partial charge in [-0.2, -0.15) is 0 Å². The molecule has 0 aromatic carbocycles. The van der Waals surface area contributed by atoms with Gasteiger partial charge in [0.05, 0.1) is 0 Å². The maximum atomic E-state index is 10.4. The van der Waals surface area contributed by atoms with Crippen LogP contribution >= 0.6 is 0 Å². The molecule has 2 heteroatoms. The highest BCUT2D eigenvalue weighted by atomic mass is 16.1. The molecule has 0 radical (unpaired) electrons. The first kappa shape index (κ1) is 16.1. The zero-order valence-electron chi connectivity index (χ0n) is 10.5. The molecule has 2 nitrogen and oxygen atoms in total. The molecule has 14 heavy (non-hydrogen) atoms. The van der Waals surface area contributed by atoms with Crippen LogP contribution in [-0.2, 0) is 4.79 Å². The van der Waals surface area contributed by atoms with Crippen LogP contribution in [0.2, 0.25) is 0 Å². The van der Waals surface area contributed by atoms with Crippen LogP contribution in [-0.4, -0.2) is 20.4 Å². The molecule has 0 aromatic rings. The van der Waals surface area contributed by atoms with Gasteiger partial charge in [-0.15, -0.1) is 0 Å². The molecular weight excluding hydrogens is 174 g/mol. The average molecular weight is 201 g/mol. The zero-order valence-corrected chi connectivity index (χ0v) is 10.5. The Balaban J connectivity index is 0. The lowest BCUT2D eigenvalue weighted by molar-refractivity contribution is -0.110. The van der Waals surface area contributed by atoms with Crippen LogP contribution in [0, 0.1) is 5.41 Å². The van der Waals surface area contributed by atoms with Crippen LogP contribution in [0.4, 0.5) is 0 Å². The standard InChI is InChI=1S/C10H20O.C2H7N/c1-4-7-10(5-2,6-3)8-9-11;1-3-2/h9H,4-8H2,1-3H3;3H,1-2H3. The Morgan fingerprint density at radius 2 is 1.57 bits per heavy atom. The number of hydrogen-bond donors (Lipinski definition) is 1. The van der Waals surface area contributed by atoms with E-state index in [2.05, 4.69) is 26.1 Å². The minimum atomic E-state index is 0.316. The van der Waals surface area contributed by atoms with Crippen molar-refractivity contribution < 1.29 is 4.79 Å². The van der Waals surface area contributed by atoms with Crippen LogP contribution in [0.5, 0.6) is 0 Å². The summed E-state index contributed by atoms with van der Waals surface area (Å²) in [5.41, 5.74) is 0.316. The van der Waals surface area contributed by atoms with Crippen molar-refractivity contribution in [3.8, 4) is 0 Å². The summed E-state index contributed by atoms with van der Waals surface area (Å²) in [6, 6.07) is 0. The summed E-state index contributed by atoms with van der Waals surface area (Å²) in [5.74, 6) is 0. The molecule has 0 bridgehead atoms. The van der Waals surface area contributed by atoms with Crippen LogP contribution in [0.3, 0.4) is 0 Å². The highest BCUT2D eigenvalue weighted by molar-refractivity contribution is 5.50. The molecule has 0 saturated heterocycles. The van der Waals surface area contributed by atoms with Gasteiger partial charge in [0.15, 0.2) is 0 Å². The van der Waals surface area contributed by atoms with Gasteiger partial charge < -0.3 is 10.1 Å². The quantitative estimate of drug-likeness (QED) is 0.669. The molecule has 86 valence electrons. The lowest BCUT2D eigenvalue weighted by Crippen LogP contribution is -2.18. The Morgan fingerprint density at radius 3 is 1.79 bits per heavy atom. The Bertz CT molecular complexity index is 119. The minimum absolute atomic E-state index is 0.316. The van der Waals surface area contributed by atoms with E-state index in [0.717, 1.165) is 25.5 Å². The summed E-state index contributed by atoms with van der Waals surface area (Å²) >= 11 is 0. The Kier molecular flexibility index (Phi) is 12.3. The van der Waals surface area contributed by atoms with Crippen molar-refractivity contribution in [3.63, 3.8) is 0 Å². The van der Waals surface area contributed by atoms with Gasteiger partial charge in [-0.3, -0.25) is 0 Å². The maximum Gasteiger partial charge on any atom is 0.120 e. The Labute approximate surface area is 89.5 Å². The molecule has 0 saturated carbocycles. The number of hydrogen-bond acceptors (Lipinski definition) is 2. The lowest BCUT2D eigenvalue weighted by atomic mass is 9.76. The fourth-order valence-electron chi connectivity index (χ4n) is 1.70. The predicted molar refractivity (Wildman–Crippen MR) is 63.6 cm³/mol. The lowest BCUT2D eigenvalue weighted by Gasteiger charge is -2.28. The van der Waals surface area contributed by atoms with Crippen LogP contribution < -0.4 is 5.32 Å². The van der Waals surface area contributed by atoms with E-state index >= 15 is 0 Å². The van der Waals surface area contributed by atoms with E-state index in [0.29, 0.717) is 5.41 Å². The highest BCUT2D eigenvalue weighted by Crippen LogP contribution is 2.34. The first-order valence-corrected chi connectivity index (χ1v) is 5.68. The molecule has 0 fully saturated rings. The van der Waals surface area contributed by atoms with Crippen molar-refractivity contribution >= 4 is 6.29 Å². The number of rotatable bonds is 6. The summed E-state index contributed by atoms with van der Waals surface area (Å²) < 4.78 is 0. The third kappa shape index (κ3) is 7.07. The third-order valence-corrected chi connectivity index (χ3v) is 2.80.